The minimum Gasteiger partial charge on any atom is -0.361 e. The molecule has 0 saturated heterocycles. The average Bonchev–Trinajstić information content (AvgIpc) is 3.16. The summed E-state index contributed by atoms with van der Waals surface area (Å²) >= 11 is 1.68. The van der Waals surface area contributed by atoms with Crippen molar-refractivity contribution >= 4 is 28.1 Å². The number of aromatic nitrogens is 2. The smallest absolute Gasteiger partial charge is 0.223 e. The van der Waals surface area contributed by atoms with Gasteiger partial charge in [0.25, 0.3) is 0 Å². The number of carbonyl (C=O) groups is 1. The van der Waals surface area contributed by atoms with Crippen LogP contribution in [0.1, 0.15) is 40.5 Å². The molecule has 5 heteroatoms. The summed E-state index contributed by atoms with van der Waals surface area (Å²) in [5.74, 6) is 0.169. The Morgan fingerprint density at radius 3 is 2.83 bits per heavy atom. The molecule has 126 valence electrons. The zero-order valence-corrected chi connectivity index (χ0v) is 15.4. The standard InChI is InChI=1S/C19H23N3OS/c1-12-19(24-14(3)21-12)13(2)22(4)18(23)8-6-15-5-7-17-16(11-15)9-10-20-17/h5,7,9-11,13,20H,6,8H2,1-4H3. The molecule has 0 spiro atoms. The van der Waals surface area contributed by atoms with Gasteiger partial charge in [0.15, 0.2) is 0 Å². The molecule has 0 saturated carbocycles. The van der Waals surface area contributed by atoms with E-state index in [1.54, 1.807) is 11.3 Å². The molecule has 0 radical (unpaired) electrons. The van der Waals surface area contributed by atoms with Crippen molar-refractivity contribution in [1.29, 1.82) is 0 Å². The Labute approximate surface area is 146 Å². The molecular formula is C19H23N3OS. The van der Waals surface area contributed by atoms with Crippen molar-refractivity contribution in [3.05, 3.63) is 51.6 Å². The van der Waals surface area contributed by atoms with E-state index >= 15 is 0 Å². The van der Waals surface area contributed by atoms with Gasteiger partial charge >= 0.3 is 0 Å². The number of hydrogen-bond donors (Lipinski definition) is 1. The summed E-state index contributed by atoms with van der Waals surface area (Å²) in [5, 5.41) is 2.24. The number of aryl methyl sites for hydroxylation is 3. The lowest BCUT2D eigenvalue weighted by Crippen LogP contribution is -2.29. The number of nitrogens with one attached hydrogen (secondary N) is 1. The molecule has 1 N–H and O–H groups in total. The summed E-state index contributed by atoms with van der Waals surface area (Å²) in [5.41, 5.74) is 3.36. The average molecular weight is 341 g/mol. The highest BCUT2D eigenvalue weighted by Gasteiger charge is 2.21. The molecule has 1 atom stereocenters. The number of thiazole rings is 1. The van der Waals surface area contributed by atoms with Gasteiger partial charge < -0.3 is 9.88 Å². The first kappa shape index (κ1) is 16.7. The molecule has 3 aromatic rings. The number of rotatable bonds is 5. The van der Waals surface area contributed by atoms with E-state index in [-0.39, 0.29) is 11.9 Å². The summed E-state index contributed by atoms with van der Waals surface area (Å²) in [4.78, 5) is 23.2. The second kappa shape index (κ2) is 6.77. The van der Waals surface area contributed by atoms with Gasteiger partial charge in [-0.1, -0.05) is 6.07 Å². The predicted molar refractivity (Wildman–Crippen MR) is 99.4 cm³/mol. The lowest BCUT2D eigenvalue weighted by atomic mass is 10.1. The van der Waals surface area contributed by atoms with Crippen LogP contribution in [0.5, 0.6) is 0 Å². The van der Waals surface area contributed by atoms with Crippen molar-refractivity contribution < 1.29 is 4.79 Å². The third-order valence-corrected chi connectivity index (χ3v) is 5.78. The fourth-order valence-electron chi connectivity index (χ4n) is 3.01. The van der Waals surface area contributed by atoms with Crippen LogP contribution >= 0.6 is 11.3 Å². The Kier molecular flexibility index (Phi) is 4.71. The Hall–Kier alpha value is -2.14. The minimum absolute atomic E-state index is 0.0656. The van der Waals surface area contributed by atoms with E-state index in [4.69, 9.17) is 0 Å². The van der Waals surface area contributed by atoms with Crippen LogP contribution in [-0.2, 0) is 11.2 Å². The van der Waals surface area contributed by atoms with E-state index in [1.807, 2.05) is 32.0 Å². The number of aromatic amines is 1. The molecule has 0 aliphatic carbocycles. The molecule has 4 nitrogen and oxygen atoms in total. The minimum atomic E-state index is 0.0656. The Balaban J connectivity index is 1.64. The normalized spacial score (nSPS) is 12.5. The van der Waals surface area contributed by atoms with Crippen molar-refractivity contribution in [2.75, 3.05) is 7.05 Å². The number of amides is 1. The summed E-state index contributed by atoms with van der Waals surface area (Å²) in [6.45, 7) is 6.09. The van der Waals surface area contributed by atoms with Gasteiger partial charge in [-0.25, -0.2) is 4.98 Å². The number of hydrogen-bond acceptors (Lipinski definition) is 3. The molecular weight excluding hydrogens is 318 g/mol. The maximum absolute atomic E-state index is 12.6. The number of H-pyrrole nitrogens is 1. The molecule has 0 aliphatic rings. The first-order valence-corrected chi connectivity index (χ1v) is 9.03. The van der Waals surface area contributed by atoms with Crippen molar-refractivity contribution in [1.82, 2.24) is 14.9 Å². The first-order chi connectivity index (χ1) is 11.5. The van der Waals surface area contributed by atoms with Crippen LogP contribution in [0.25, 0.3) is 10.9 Å². The lowest BCUT2D eigenvalue weighted by Gasteiger charge is -2.24. The summed E-state index contributed by atoms with van der Waals surface area (Å²) in [7, 11) is 1.89. The highest BCUT2D eigenvalue weighted by molar-refractivity contribution is 7.11. The number of fused-ring (bicyclic) bond motifs is 1. The summed E-state index contributed by atoms with van der Waals surface area (Å²) < 4.78 is 0. The number of nitrogens with zero attached hydrogens (tertiary/aromatic N) is 2. The van der Waals surface area contributed by atoms with Crippen LogP contribution < -0.4 is 0 Å². The van der Waals surface area contributed by atoms with E-state index in [0.717, 1.165) is 22.6 Å². The molecule has 1 amide bonds. The third-order valence-electron chi connectivity index (χ3n) is 4.54. The van der Waals surface area contributed by atoms with Crippen molar-refractivity contribution in [3.8, 4) is 0 Å². The second-order valence-electron chi connectivity index (χ2n) is 6.26. The SMILES string of the molecule is Cc1nc(C)c(C(C)N(C)C(=O)CCc2ccc3[nH]ccc3c2)s1. The zero-order chi connectivity index (χ0) is 17.3. The molecule has 24 heavy (non-hydrogen) atoms. The van der Waals surface area contributed by atoms with Crippen LogP contribution in [0.3, 0.4) is 0 Å². The number of benzene rings is 1. The van der Waals surface area contributed by atoms with Gasteiger partial charge in [0.2, 0.25) is 5.91 Å². The van der Waals surface area contributed by atoms with Crippen LogP contribution in [0, 0.1) is 13.8 Å². The lowest BCUT2D eigenvalue weighted by molar-refractivity contribution is -0.131. The number of carbonyl (C=O) groups excluding carboxylic acids is 1. The molecule has 0 fully saturated rings. The molecule has 0 aliphatic heterocycles. The van der Waals surface area contributed by atoms with Gasteiger partial charge in [-0.15, -0.1) is 11.3 Å². The topological polar surface area (TPSA) is 49.0 Å². The predicted octanol–water partition coefficient (Wildman–Crippen LogP) is 4.39. The monoisotopic (exact) mass is 341 g/mol. The van der Waals surface area contributed by atoms with E-state index in [2.05, 4.69) is 41.2 Å². The molecule has 3 rings (SSSR count). The van der Waals surface area contributed by atoms with Crippen molar-refractivity contribution in [2.24, 2.45) is 0 Å². The van der Waals surface area contributed by atoms with E-state index in [0.29, 0.717) is 6.42 Å². The summed E-state index contributed by atoms with van der Waals surface area (Å²) in [6, 6.07) is 8.44. The zero-order valence-electron chi connectivity index (χ0n) is 14.6. The maximum atomic E-state index is 12.6. The Morgan fingerprint density at radius 1 is 1.33 bits per heavy atom. The molecule has 2 heterocycles. The molecule has 1 unspecified atom stereocenters. The van der Waals surface area contributed by atoms with Crippen molar-refractivity contribution in [3.63, 3.8) is 0 Å². The highest BCUT2D eigenvalue weighted by atomic mass is 32.1. The first-order valence-electron chi connectivity index (χ1n) is 8.21. The van der Waals surface area contributed by atoms with Gasteiger partial charge in [-0.2, -0.15) is 0 Å². The maximum Gasteiger partial charge on any atom is 0.223 e. The van der Waals surface area contributed by atoms with Gasteiger partial charge in [-0.3, -0.25) is 4.79 Å². The highest BCUT2D eigenvalue weighted by Crippen LogP contribution is 2.28. The Morgan fingerprint density at radius 2 is 2.12 bits per heavy atom. The second-order valence-corrected chi connectivity index (χ2v) is 7.50. The quantitative estimate of drug-likeness (QED) is 0.748. The van der Waals surface area contributed by atoms with Gasteiger partial charge in [0, 0.05) is 30.1 Å². The third kappa shape index (κ3) is 3.36. The molecule has 1 aromatic carbocycles. The van der Waals surface area contributed by atoms with Crippen molar-refractivity contribution in [2.45, 2.75) is 39.7 Å². The van der Waals surface area contributed by atoms with E-state index < -0.39 is 0 Å². The van der Waals surface area contributed by atoms with E-state index in [9.17, 15) is 4.79 Å². The van der Waals surface area contributed by atoms with Crippen LogP contribution in [0.15, 0.2) is 30.5 Å². The van der Waals surface area contributed by atoms with Crippen LogP contribution in [0.4, 0.5) is 0 Å². The largest absolute Gasteiger partial charge is 0.361 e. The summed E-state index contributed by atoms with van der Waals surface area (Å²) in [6.07, 6.45) is 3.22. The van der Waals surface area contributed by atoms with E-state index in [1.165, 1.54) is 15.8 Å². The van der Waals surface area contributed by atoms with Crippen LogP contribution in [-0.4, -0.2) is 27.8 Å². The van der Waals surface area contributed by atoms with Gasteiger partial charge in [0.1, 0.15) is 0 Å². The molecule has 2 aromatic heterocycles. The fourth-order valence-corrected chi connectivity index (χ4v) is 4.04. The molecule has 0 bridgehead atoms. The Bertz CT molecular complexity index is 865. The van der Waals surface area contributed by atoms with Crippen LogP contribution in [0.2, 0.25) is 0 Å². The fraction of sp³-hybridized carbons (Fsp3) is 0.368. The van der Waals surface area contributed by atoms with Gasteiger partial charge in [-0.05, 0) is 56.3 Å². The van der Waals surface area contributed by atoms with Gasteiger partial charge in [0.05, 0.1) is 16.7 Å².